The van der Waals surface area contributed by atoms with E-state index in [0.29, 0.717) is 17.9 Å². The van der Waals surface area contributed by atoms with E-state index in [9.17, 15) is 12.9 Å². The second kappa shape index (κ2) is 6.03. The van der Waals surface area contributed by atoms with Crippen LogP contribution in [0.2, 0.25) is 0 Å². The molecule has 0 fully saturated rings. The number of rotatable bonds is 6. The summed E-state index contributed by atoms with van der Waals surface area (Å²) >= 11 is 0. The van der Waals surface area contributed by atoms with E-state index in [1.165, 1.54) is 6.07 Å². The van der Waals surface area contributed by atoms with Gasteiger partial charge in [-0.1, -0.05) is 12.1 Å². The summed E-state index contributed by atoms with van der Waals surface area (Å²) in [5.74, 6) is 0.499. The number of benzene rings is 1. The summed E-state index contributed by atoms with van der Waals surface area (Å²) in [7, 11) is 0. The third kappa shape index (κ3) is 3.79. The second-order valence-corrected chi connectivity index (χ2v) is 4.60. The number of imidazole rings is 1. The van der Waals surface area contributed by atoms with Crippen LogP contribution in [0.15, 0.2) is 36.9 Å². The van der Waals surface area contributed by atoms with Crippen molar-refractivity contribution < 1.29 is 17.7 Å². The van der Waals surface area contributed by atoms with Gasteiger partial charge in [0.05, 0.1) is 12.9 Å². The van der Waals surface area contributed by atoms with Crippen LogP contribution in [0.4, 0.5) is 12.9 Å². The molecule has 7 heteroatoms. The molecule has 0 radical (unpaired) electrons. The van der Waals surface area contributed by atoms with Crippen LogP contribution in [0.1, 0.15) is 12.0 Å². The molecule has 0 aliphatic carbocycles. The Kier molecular flexibility index (Phi) is 4.37. The molecule has 2 rings (SSSR count). The highest BCUT2D eigenvalue weighted by Crippen LogP contribution is 2.19. The smallest absolute Gasteiger partial charge is 0.493 e. The van der Waals surface area contributed by atoms with Crippen molar-refractivity contribution >= 4 is 12.4 Å². The summed E-state index contributed by atoms with van der Waals surface area (Å²) in [6.45, 7) is -2.11. The molecule has 0 aliphatic rings. The van der Waals surface area contributed by atoms with E-state index < -0.39 is 12.4 Å². The summed E-state index contributed by atoms with van der Waals surface area (Å²) < 4.78 is 45.2. The molecule has 0 atom stereocenters. The van der Waals surface area contributed by atoms with Gasteiger partial charge in [-0.05, 0) is 25.0 Å². The summed E-state index contributed by atoms with van der Waals surface area (Å²) in [6.07, 6.45) is 6.03. The Labute approximate surface area is 115 Å². The lowest BCUT2D eigenvalue weighted by Gasteiger charge is -2.17. The maximum atomic E-state index is 12.6. The van der Waals surface area contributed by atoms with Gasteiger partial charge >= 0.3 is 6.98 Å². The molecule has 2 aromatic rings. The van der Waals surface area contributed by atoms with Gasteiger partial charge in [-0.25, -0.2) is 4.98 Å². The first-order valence-corrected chi connectivity index (χ1v) is 6.36. The number of hydrogen-bond donors (Lipinski definition) is 0. The Balaban J connectivity index is 1.87. The number of nitrogens with zero attached hydrogens (tertiary/aromatic N) is 2. The van der Waals surface area contributed by atoms with Crippen LogP contribution in [-0.4, -0.2) is 23.1 Å². The van der Waals surface area contributed by atoms with Gasteiger partial charge < -0.3 is 22.3 Å². The Morgan fingerprint density at radius 1 is 1.30 bits per heavy atom. The van der Waals surface area contributed by atoms with Gasteiger partial charge in [-0.2, -0.15) is 0 Å². The minimum absolute atomic E-state index is 0.454. The van der Waals surface area contributed by atoms with Crippen LogP contribution in [-0.2, 0) is 6.54 Å². The number of ether oxygens (including phenoxy) is 1. The molecule has 1 heterocycles. The Hall–Kier alpha value is -1.92. The zero-order chi connectivity index (χ0) is 14.6. The van der Waals surface area contributed by atoms with Crippen molar-refractivity contribution in [2.24, 2.45) is 0 Å². The molecule has 0 saturated heterocycles. The molecule has 0 amide bonds. The van der Waals surface area contributed by atoms with Gasteiger partial charge in [0.15, 0.2) is 0 Å². The average molecular weight is 283 g/mol. The normalized spacial score (nSPS) is 11.6. The zero-order valence-electron chi connectivity index (χ0n) is 11.1. The first-order chi connectivity index (χ1) is 9.47. The standard InChI is InChI=1S/C13H15BF3N2O/c1-11-9-12(14(15,16)17)3-4-13(11)20-8-2-6-19-7-5-18-10-19/h3-5,7,9-10H,2,6,8H2,1H3/q-1. The van der Waals surface area contributed by atoms with Crippen molar-refractivity contribution in [3.63, 3.8) is 0 Å². The molecule has 1 aromatic heterocycles. The molecular formula is C13H15BF3N2O-. The van der Waals surface area contributed by atoms with Crippen molar-refractivity contribution in [3.8, 4) is 5.75 Å². The van der Waals surface area contributed by atoms with E-state index in [2.05, 4.69) is 4.98 Å². The molecule has 108 valence electrons. The summed E-state index contributed by atoms with van der Waals surface area (Å²) in [5.41, 5.74) is -0.0856. The maximum Gasteiger partial charge on any atom is 0.509 e. The monoisotopic (exact) mass is 283 g/mol. The van der Waals surface area contributed by atoms with E-state index >= 15 is 0 Å². The highest BCUT2D eigenvalue weighted by atomic mass is 19.4. The van der Waals surface area contributed by atoms with Gasteiger partial charge in [0.2, 0.25) is 0 Å². The topological polar surface area (TPSA) is 27.1 Å². The number of aryl methyl sites for hydroxylation is 2. The lowest BCUT2D eigenvalue weighted by atomic mass is 9.79. The van der Waals surface area contributed by atoms with E-state index in [0.717, 1.165) is 25.1 Å². The molecule has 1 aromatic carbocycles. The fourth-order valence-corrected chi connectivity index (χ4v) is 1.89. The SMILES string of the molecule is Cc1cc([B-](F)(F)F)ccc1OCCCn1ccnc1. The summed E-state index contributed by atoms with van der Waals surface area (Å²) in [4.78, 5) is 3.92. The minimum atomic E-state index is -4.95. The molecule has 0 aliphatic heterocycles. The fraction of sp³-hybridized carbons (Fsp3) is 0.308. The first-order valence-electron chi connectivity index (χ1n) is 6.36. The van der Waals surface area contributed by atoms with Gasteiger partial charge in [0.25, 0.3) is 0 Å². The molecule has 0 unspecified atom stereocenters. The average Bonchev–Trinajstić information content (AvgIpc) is 2.88. The molecule has 0 N–H and O–H groups in total. The number of halogens is 3. The van der Waals surface area contributed by atoms with Crippen molar-refractivity contribution in [1.29, 1.82) is 0 Å². The largest absolute Gasteiger partial charge is 0.509 e. The van der Waals surface area contributed by atoms with Gasteiger partial charge in [-0.3, -0.25) is 0 Å². The Morgan fingerprint density at radius 3 is 2.70 bits per heavy atom. The van der Waals surface area contributed by atoms with Gasteiger partial charge in [0, 0.05) is 18.9 Å². The van der Waals surface area contributed by atoms with Crippen LogP contribution >= 0.6 is 0 Å². The van der Waals surface area contributed by atoms with Crippen LogP contribution in [0.5, 0.6) is 5.75 Å². The van der Waals surface area contributed by atoms with E-state index in [-0.39, 0.29) is 0 Å². The van der Waals surface area contributed by atoms with E-state index in [1.54, 1.807) is 19.4 Å². The van der Waals surface area contributed by atoms with Crippen molar-refractivity contribution in [2.45, 2.75) is 19.9 Å². The quantitative estimate of drug-likeness (QED) is 0.602. The lowest BCUT2D eigenvalue weighted by molar-refractivity contribution is 0.300. The highest BCUT2D eigenvalue weighted by molar-refractivity contribution is 6.73. The van der Waals surface area contributed by atoms with Gasteiger partial charge in [0.1, 0.15) is 5.75 Å². The third-order valence-corrected chi connectivity index (χ3v) is 2.95. The Morgan fingerprint density at radius 2 is 2.10 bits per heavy atom. The zero-order valence-corrected chi connectivity index (χ0v) is 11.1. The maximum absolute atomic E-state index is 12.6. The molecule has 0 spiro atoms. The van der Waals surface area contributed by atoms with E-state index in [1.807, 2.05) is 10.8 Å². The van der Waals surface area contributed by atoms with Gasteiger partial charge in [-0.15, -0.1) is 5.46 Å². The van der Waals surface area contributed by atoms with Crippen LogP contribution in [0.3, 0.4) is 0 Å². The van der Waals surface area contributed by atoms with Crippen LogP contribution in [0.25, 0.3) is 0 Å². The summed E-state index contributed by atoms with van der Waals surface area (Å²) in [6, 6.07) is 3.58. The Bertz CT molecular complexity index is 555. The molecule has 3 nitrogen and oxygen atoms in total. The predicted octanol–water partition coefficient (Wildman–Crippen LogP) is 2.72. The third-order valence-electron chi connectivity index (χ3n) is 2.95. The van der Waals surface area contributed by atoms with E-state index in [4.69, 9.17) is 4.74 Å². The number of hydrogen-bond acceptors (Lipinski definition) is 2. The molecular weight excluding hydrogens is 268 g/mol. The number of aromatic nitrogens is 2. The van der Waals surface area contributed by atoms with Crippen molar-refractivity contribution in [1.82, 2.24) is 9.55 Å². The molecule has 20 heavy (non-hydrogen) atoms. The summed E-state index contributed by atoms with van der Waals surface area (Å²) in [5, 5.41) is 0. The first kappa shape index (κ1) is 14.5. The van der Waals surface area contributed by atoms with Crippen LogP contribution < -0.4 is 10.2 Å². The lowest BCUT2D eigenvalue weighted by Crippen LogP contribution is -2.34. The second-order valence-electron chi connectivity index (χ2n) is 4.60. The highest BCUT2D eigenvalue weighted by Gasteiger charge is 2.25. The van der Waals surface area contributed by atoms with Crippen LogP contribution in [0, 0.1) is 6.92 Å². The predicted molar refractivity (Wildman–Crippen MR) is 72.2 cm³/mol. The van der Waals surface area contributed by atoms with Crippen molar-refractivity contribution in [3.05, 3.63) is 42.5 Å². The molecule has 0 bridgehead atoms. The van der Waals surface area contributed by atoms with Crippen molar-refractivity contribution in [2.75, 3.05) is 6.61 Å². The minimum Gasteiger partial charge on any atom is -0.493 e. The molecule has 0 saturated carbocycles. The fourth-order valence-electron chi connectivity index (χ4n) is 1.89.